The zero-order chi connectivity index (χ0) is 23.9. The molecular weight excluding hydrogens is 468 g/mol. The second kappa shape index (κ2) is 8.30. The summed E-state index contributed by atoms with van der Waals surface area (Å²) in [6.07, 6.45) is 0. The Balaban J connectivity index is 1.93. The number of aromatic nitrogens is 2. The van der Waals surface area contributed by atoms with Crippen molar-refractivity contribution < 1.29 is 18.3 Å². The van der Waals surface area contributed by atoms with Crippen LogP contribution in [0.15, 0.2) is 75.6 Å². The van der Waals surface area contributed by atoms with E-state index in [0.29, 0.717) is 11.0 Å². The van der Waals surface area contributed by atoms with Gasteiger partial charge in [-0.15, -0.1) is 0 Å². The summed E-state index contributed by atoms with van der Waals surface area (Å²) in [5.74, 6) is 0. The second-order valence-corrected chi connectivity index (χ2v) is 10.0. The van der Waals surface area contributed by atoms with Gasteiger partial charge < -0.3 is 0 Å². The molecule has 4 aromatic rings. The Hall–Kier alpha value is -3.77. The molecule has 0 aliphatic carbocycles. The van der Waals surface area contributed by atoms with Crippen LogP contribution >= 0.6 is 11.8 Å². The molecule has 1 heterocycles. The average molecular weight is 485 g/mol. The Morgan fingerprint density at radius 1 is 0.879 bits per heavy atom. The molecule has 0 saturated carbocycles. The molecule has 168 valence electrons. The third kappa shape index (κ3) is 4.17. The first-order valence-corrected chi connectivity index (χ1v) is 11.8. The molecule has 12 heteroatoms. The summed E-state index contributed by atoms with van der Waals surface area (Å²) >= 11 is 0.754. The fraction of sp³-hybridized carbons (Fsp3) is 0.0952. The number of non-ortho nitro benzene ring substituents is 1. The van der Waals surface area contributed by atoms with Crippen LogP contribution in [0.1, 0.15) is 11.1 Å². The summed E-state index contributed by atoms with van der Waals surface area (Å²) in [6, 6.07) is 14.6. The monoisotopic (exact) mass is 484 g/mol. The van der Waals surface area contributed by atoms with Gasteiger partial charge in [0.1, 0.15) is 0 Å². The van der Waals surface area contributed by atoms with Gasteiger partial charge in [0, 0.05) is 6.07 Å². The number of imidazole rings is 1. The van der Waals surface area contributed by atoms with Crippen molar-refractivity contribution in [2.45, 2.75) is 28.8 Å². The third-order valence-corrected chi connectivity index (χ3v) is 7.71. The molecule has 0 aliphatic heterocycles. The van der Waals surface area contributed by atoms with E-state index in [9.17, 15) is 28.6 Å². The van der Waals surface area contributed by atoms with Gasteiger partial charge in [0.2, 0.25) is 0 Å². The number of rotatable bonds is 6. The smallest absolute Gasteiger partial charge is 0.258 e. The molecule has 0 atom stereocenters. The molecule has 0 fully saturated rings. The molecule has 0 aliphatic rings. The lowest BCUT2D eigenvalue weighted by Gasteiger charge is -2.11. The Morgan fingerprint density at radius 2 is 1.55 bits per heavy atom. The predicted octanol–water partition coefficient (Wildman–Crippen LogP) is 4.86. The number of nitro groups is 2. The number of hydrogen-bond acceptors (Lipinski definition) is 8. The van der Waals surface area contributed by atoms with Crippen LogP contribution in [-0.4, -0.2) is 27.2 Å². The number of hydrogen-bond donors (Lipinski definition) is 0. The third-order valence-electron chi connectivity index (χ3n) is 4.85. The van der Waals surface area contributed by atoms with Crippen molar-refractivity contribution >= 4 is 44.2 Å². The highest BCUT2D eigenvalue weighted by Gasteiger charge is 2.28. The minimum atomic E-state index is -4.10. The van der Waals surface area contributed by atoms with Crippen LogP contribution in [-0.2, 0) is 10.0 Å². The van der Waals surface area contributed by atoms with E-state index < -0.39 is 31.2 Å². The molecule has 3 aromatic carbocycles. The van der Waals surface area contributed by atoms with E-state index in [1.54, 1.807) is 30.3 Å². The molecule has 0 spiro atoms. The zero-order valence-electron chi connectivity index (χ0n) is 17.3. The first-order valence-electron chi connectivity index (χ1n) is 9.50. The van der Waals surface area contributed by atoms with Crippen LogP contribution in [0, 0.1) is 34.1 Å². The normalized spacial score (nSPS) is 11.6. The van der Waals surface area contributed by atoms with Gasteiger partial charge in [-0.1, -0.05) is 23.8 Å². The van der Waals surface area contributed by atoms with Crippen molar-refractivity contribution in [1.29, 1.82) is 0 Å². The highest BCUT2D eigenvalue weighted by molar-refractivity contribution is 8.00. The molecule has 10 nitrogen and oxygen atoms in total. The molecule has 33 heavy (non-hydrogen) atoms. The molecule has 0 saturated heterocycles. The summed E-state index contributed by atoms with van der Waals surface area (Å²) in [7, 11) is -4.10. The van der Waals surface area contributed by atoms with Gasteiger partial charge >= 0.3 is 0 Å². The maximum absolute atomic E-state index is 13.6. The van der Waals surface area contributed by atoms with Crippen LogP contribution in [0.5, 0.6) is 0 Å². The van der Waals surface area contributed by atoms with Crippen molar-refractivity contribution in [3.05, 3.63) is 92.0 Å². The maximum Gasteiger partial charge on any atom is 0.290 e. The summed E-state index contributed by atoms with van der Waals surface area (Å²) in [5, 5.41) is 22.6. The lowest BCUT2D eigenvalue weighted by Crippen LogP contribution is -2.14. The van der Waals surface area contributed by atoms with Gasteiger partial charge in [0.05, 0.1) is 36.7 Å². The average Bonchev–Trinajstić information content (AvgIpc) is 3.11. The number of nitro benzene ring substituents is 2. The summed E-state index contributed by atoms with van der Waals surface area (Å²) in [4.78, 5) is 25.6. The van der Waals surface area contributed by atoms with Crippen molar-refractivity contribution in [3.63, 3.8) is 0 Å². The van der Waals surface area contributed by atoms with Gasteiger partial charge in [-0.2, -0.15) is 0 Å². The van der Waals surface area contributed by atoms with Crippen molar-refractivity contribution in [3.8, 4) is 0 Å². The quantitative estimate of drug-likeness (QED) is 0.279. The van der Waals surface area contributed by atoms with Crippen molar-refractivity contribution in [1.82, 2.24) is 8.96 Å². The molecule has 0 amide bonds. The van der Waals surface area contributed by atoms with Crippen LogP contribution in [0.4, 0.5) is 11.4 Å². The Kier molecular flexibility index (Phi) is 5.64. The molecule has 0 unspecified atom stereocenters. The predicted molar refractivity (Wildman–Crippen MR) is 122 cm³/mol. The van der Waals surface area contributed by atoms with Crippen LogP contribution in [0.25, 0.3) is 11.0 Å². The van der Waals surface area contributed by atoms with Crippen LogP contribution in [0.3, 0.4) is 0 Å². The standard InChI is InChI=1S/C21H16N4O6S2/c1-13-3-7-16(8-4-13)33(30,31)23-18-9-5-14(2)11-17(18)22-21(23)32-20-10-6-15(24(26)27)12-19(20)25(28)29/h3-12H,1-2H3. The summed E-state index contributed by atoms with van der Waals surface area (Å²) in [5.41, 5.74) is 1.50. The molecular formula is C21H16N4O6S2. The van der Waals surface area contributed by atoms with E-state index in [2.05, 4.69) is 4.98 Å². The number of fused-ring (bicyclic) bond motifs is 1. The van der Waals surface area contributed by atoms with E-state index in [1.807, 2.05) is 13.8 Å². The van der Waals surface area contributed by atoms with E-state index in [4.69, 9.17) is 0 Å². The molecule has 0 N–H and O–H groups in total. The number of benzene rings is 3. The van der Waals surface area contributed by atoms with Crippen molar-refractivity contribution in [2.24, 2.45) is 0 Å². The first-order chi connectivity index (χ1) is 15.6. The second-order valence-electron chi connectivity index (χ2n) is 7.24. The van der Waals surface area contributed by atoms with Crippen LogP contribution < -0.4 is 0 Å². The first kappa shape index (κ1) is 22.4. The molecule has 1 aromatic heterocycles. The van der Waals surface area contributed by atoms with Gasteiger partial charge in [-0.25, -0.2) is 17.4 Å². The highest BCUT2D eigenvalue weighted by atomic mass is 32.2. The largest absolute Gasteiger partial charge is 0.290 e. The summed E-state index contributed by atoms with van der Waals surface area (Å²) in [6.45, 7) is 3.67. The SMILES string of the molecule is Cc1ccc(S(=O)(=O)n2c(Sc3ccc([N+](=O)[O-])cc3[N+](=O)[O-])nc3cc(C)ccc32)cc1. The zero-order valence-corrected chi connectivity index (χ0v) is 19.0. The lowest BCUT2D eigenvalue weighted by atomic mass is 10.2. The van der Waals surface area contributed by atoms with E-state index in [-0.39, 0.29) is 14.9 Å². The number of nitrogens with zero attached hydrogens (tertiary/aromatic N) is 4. The minimum absolute atomic E-state index is 0.0203. The van der Waals surface area contributed by atoms with Crippen molar-refractivity contribution in [2.75, 3.05) is 0 Å². The van der Waals surface area contributed by atoms with Gasteiger partial charge in [0.15, 0.2) is 5.16 Å². The summed E-state index contributed by atoms with van der Waals surface area (Å²) < 4.78 is 28.2. The van der Waals surface area contributed by atoms with Gasteiger partial charge in [0.25, 0.3) is 21.4 Å². The Morgan fingerprint density at radius 3 is 2.18 bits per heavy atom. The van der Waals surface area contributed by atoms with E-state index in [1.165, 1.54) is 18.2 Å². The van der Waals surface area contributed by atoms with Gasteiger partial charge in [-0.05, 0) is 61.5 Å². The fourth-order valence-electron chi connectivity index (χ4n) is 3.21. The van der Waals surface area contributed by atoms with E-state index in [0.717, 1.165) is 39.0 Å². The number of aryl methyl sites for hydroxylation is 2. The molecule has 0 bridgehead atoms. The van der Waals surface area contributed by atoms with E-state index >= 15 is 0 Å². The Labute approximate surface area is 192 Å². The highest BCUT2D eigenvalue weighted by Crippen LogP contribution is 2.39. The topological polar surface area (TPSA) is 138 Å². The van der Waals surface area contributed by atoms with Crippen LogP contribution in [0.2, 0.25) is 0 Å². The van der Waals surface area contributed by atoms with Gasteiger partial charge in [-0.3, -0.25) is 20.2 Å². The molecule has 4 rings (SSSR count). The maximum atomic E-state index is 13.6. The lowest BCUT2D eigenvalue weighted by molar-refractivity contribution is -0.396. The molecule has 0 radical (unpaired) electrons. The Bertz CT molecular complexity index is 1530. The fourth-order valence-corrected chi connectivity index (χ4v) is 5.86. The minimum Gasteiger partial charge on any atom is -0.258 e.